The van der Waals surface area contributed by atoms with Gasteiger partial charge in [0.15, 0.2) is 6.23 Å². The van der Waals surface area contributed by atoms with Gasteiger partial charge in [-0.3, -0.25) is 0 Å². The molecule has 0 bridgehead atoms. The lowest BCUT2D eigenvalue weighted by atomic mass is 10.1. The SMILES string of the molecule is BrCCOc1ccc(Oc2csc3c2ccc2c3cnn2C2CCCCO2)cc1. The van der Waals surface area contributed by atoms with Crippen LogP contribution in [0.4, 0.5) is 0 Å². The van der Waals surface area contributed by atoms with Crippen LogP contribution in [0, 0.1) is 0 Å². The predicted octanol–water partition coefficient (Wildman–Crippen LogP) is 6.52. The first kappa shape index (κ1) is 18.9. The summed E-state index contributed by atoms with van der Waals surface area (Å²) in [7, 11) is 0. The van der Waals surface area contributed by atoms with Gasteiger partial charge >= 0.3 is 0 Å². The van der Waals surface area contributed by atoms with Gasteiger partial charge < -0.3 is 14.2 Å². The maximum atomic E-state index is 6.16. The summed E-state index contributed by atoms with van der Waals surface area (Å²) in [6.07, 6.45) is 5.33. The summed E-state index contributed by atoms with van der Waals surface area (Å²) in [6, 6.07) is 12.0. The summed E-state index contributed by atoms with van der Waals surface area (Å²) in [5.74, 6) is 2.50. The molecular weight excluding hydrogens is 452 g/mol. The zero-order valence-corrected chi connectivity index (χ0v) is 18.2. The minimum atomic E-state index is 0.0414. The van der Waals surface area contributed by atoms with Crippen molar-refractivity contribution < 1.29 is 14.2 Å². The fourth-order valence-electron chi connectivity index (χ4n) is 3.71. The predicted molar refractivity (Wildman–Crippen MR) is 120 cm³/mol. The Morgan fingerprint density at radius 2 is 1.97 bits per heavy atom. The Labute approximate surface area is 181 Å². The Kier molecular flexibility index (Phi) is 5.44. The molecule has 1 saturated heterocycles. The third kappa shape index (κ3) is 3.74. The molecule has 2 aromatic carbocycles. The van der Waals surface area contributed by atoms with Gasteiger partial charge in [0.25, 0.3) is 0 Å². The monoisotopic (exact) mass is 472 g/mol. The second-order valence-corrected chi connectivity index (χ2v) is 8.67. The van der Waals surface area contributed by atoms with Gasteiger partial charge in [-0.1, -0.05) is 15.9 Å². The average molecular weight is 473 g/mol. The van der Waals surface area contributed by atoms with Crippen molar-refractivity contribution in [3.05, 3.63) is 48.0 Å². The standard InChI is InChI=1S/C22H21BrN2O3S/c23-10-12-26-15-4-6-16(7-5-15)28-20-14-29-22-17(20)8-9-19-18(22)13-24-25(19)21-3-1-2-11-27-21/h4-9,13-14,21H,1-3,10-12H2. The molecule has 5 rings (SSSR count). The molecule has 29 heavy (non-hydrogen) atoms. The number of thiophene rings is 1. The smallest absolute Gasteiger partial charge is 0.150 e. The minimum Gasteiger partial charge on any atom is -0.493 e. The summed E-state index contributed by atoms with van der Waals surface area (Å²) in [5.41, 5.74) is 1.12. The number of hydrogen-bond acceptors (Lipinski definition) is 5. The van der Waals surface area contributed by atoms with Crippen molar-refractivity contribution in [3.8, 4) is 17.2 Å². The van der Waals surface area contributed by atoms with Crippen LogP contribution in [0.3, 0.4) is 0 Å². The van der Waals surface area contributed by atoms with Crippen molar-refractivity contribution >= 4 is 48.3 Å². The number of aromatic nitrogens is 2. The number of nitrogens with zero attached hydrogens (tertiary/aromatic N) is 2. The van der Waals surface area contributed by atoms with Crippen molar-refractivity contribution in [1.29, 1.82) is 0 Å². The normalized spacial score (nSPS) is 17.1. The molecule has 5 nitrogen and oxygen atoms in total. The Balaban J connectivity index is 1.42. The third-order valence-electron chi connectivity index (χ3n) is 5.11. The van der Waals surface area contributed by atoms with Crippen LogP contribution in [-0.4, -0.2) is 28.3 Å². The van der Waals surface area contributed by atoms with Crippen LogP contribution in [0.2, 0.25) is 0 Å². The molecule has 0 N–H and O–H groups in total. The number of ether oxygens (including phenoxy) is 3. The molecule has 0 spiro atoms. The van der Waals surface area contributed by atoms with E-state index in [4.69, 9.17) is 14.2 Å². The fraction of sp³-hybridized carbons (Fsp3) is 0.318. The molecular formula is C22H21BrN2O3S. The van der Waals surface area contributed by atoms with E-state index in [1.54, 1.807) is 11.3 Å². The zero-order chi connectivity index (χ0) is 19.6. The van der Waals surface area contributed by atoms with E-state index in [9.17, 15) is 0 Å². The molecule has 0 radical (unpaired) electrons. The zero-order valence-electron chi connectivity index (χ0n) is 15.8. The van der Waals surface area contributed by atoms with Crippen molar-refractivity contribution in [2.45, 2.75) is 25.5 Å². The van der Waals surface area contributed by atoms with Crippen LogP contribution >= 0.6 is 27.3 Å². The molecule has 1 aliphatic heterocycles. The van der Waals surface area contributed by atoms with Crippen LogP contribution in [0.15, 0.2) is 48.0 Å². The highest BCUT2D eigenvalue weighted by Gasteiger charge is 2.20. The van der Waals surface area contributed by atoms with E-state index in [2.05, 4.69) is 38.5 Å². The largest absolute Gasteiger partial charge is 0.493 e. The van der Waals surface area contributed by atoms with E-state index >= 15 is 0 Å². The highest BCUT2D eigenvalue weighted by molar-refractivity contribution is 9.09. The van der Waals surface area contributed by atoms with E-state index in [0.29, 0.717) is 6.61 Å². The van der Waals surface area contributed by atoms with Gasteiger partial charge in [-0.15, -0.1) is 11.3 Å². The van der Waals surface area contributed by atoms with Crippen LogP contribution < -0.4 is 9.47 Å². The summed E-state index contributed by atoms with van der Waals surface area (Å²) in [6.45, 7) is 1.45. The highest BCUT2D eigenvalue weighted by Crippen LogP contribution is 2.40. The highest BCUT2D eigenvalue weighted by atomic mass is 79.9. The number of rotatable bonds is 6. The Hall–Kier alpha value is -2.09. The number of hydrogen-bond donors (Lipinski definition) is 0. The van der Waals surface area contributed by atoms with Gasteiger partial charge in [-0.25, -0.2) is 4.68 Å². The maximum absolute atomic E-state index is 6.16. The second-order valence-electron chi connectivity index (χ2n) is 7.00. The molecule has 1 atom stereocenters. The Bertz CT molecular complexity index is 1120. The van der Waals surface area contributed by atoms with Crippen LogP contribution in [0.25, 0.3) is 21.0 Å². The third-order valence-corrected chi connectivity index (χ3v) is 6.44. The number of benzene rings is 2. The summed E-state index contributed by atoms with van der Waals surface area (Å²) in [5, 5.41) is 9.76. The molecule has 2 aromatic heterocycles. The van der Waals surface area contributed by atoms with E-state index in [1.165, 1.54) is 11.1 Å². The van der Waals surface area contributed by atoms with Crippen molar-refractivity contribution in [2.75, 3.05) is 18.5 Å². The molecule has 7 heteroatoms. The molecule has 1 unspecified atom stereocenters. The summed E-state index contributed by atoms with van der Waals surface area (Å²) >= 11 is 5.05. The lowest BCUT2D eigenvalue weighted by Crippen LogP contribution is -2.18. The number of halogens is 1. The molecule has 1 aliphatic rings. The first-order valence-corrected chi connectivity index (χ1v) is 11.8. The Morgan fingerprint density at radius 3 is 2.76 bits per heavy atom. The molecule has 0 saturated carbocycles. The van der Waals surface area contributed by atoms with Gasteiger partial charge in [-0.05, 0) is 55.7 Å². The number of alkyl halides is 1. The van der Waals surface area contributed by atoms with E-state index in [-0.39, 0.29) is 6.23 Å². The van der Waals surface area contributed by atoms with Gasteiger partial charge in [0.2, 0.25) is 0 Å². The van der Waals surface area contributed by atoms with Gasteiger partial charge in [0, 0.05) is 32.8 Å². The average Bonchev–Trinajstić information content (AvgIpc) is 3.38. The summed E-state index contributed by atoms with van der Waals surface area (Å²) < 4.78 is 20.9. The van der Waals surface area contributed by atoms with Crippen molar-refractivity contribution in [3.63, 3.8) is 0 Å². The lowest BCUT2D eigenvalue weighted by Gasteiger charge is -2.23. The molecule has 4 aromatic rings. The maximum Gasteiger partial charge on any atom is 0.150 e. The van der Waals surface area contributed by atoms with E-state index in [1.807, 2.05) is 35.1 Å². The molecule has 150 valence electrons. The Morgan fingerprint density at radius 1 is 1.10 bits per heavy atom. The first-order valence-electron chi connectivity index (χ1n) is 9.79. The van der Waals surface area contributed by atoms with E-state index < -0.39 is 0 Å². The van der Waals surface area contributed by atoms with Crippen LogP contribution in [0.5, 0.6) is 17.2 Å². The second kappa shape index (κ2) is 8.34. The summed E-state index contributed by atoms with van der Waals surface area (Å²) in [4.78, 5) is 0. The minimum absolute atomic E-state index is 0.0414. The van der Waals surface area contributed by atoms with Crippen molar-refractivity contribution in [1.82, 2.24) is 9.78 Å². The molecule has 1 fully saturated rings. The molecule has 0 aliphatic carbocycles. The van der Waals surface area contributed by atoms with Crippen LogP contribution in [0.1, 0.15) is 25.5 Å². The first-order chi connectivity index (χ1) is 14.3. The van der Waals surface area contributed by atoms with Crippen molar-refractivity contribution in [2.24, 2.45) is 0 Å². The topological polar surface area (TPSA) is 45.5 Å². The lowest BCUT2D eigenvalue weighted by molar-refractivity contribution is -0.0366. The van der Waals surface area contributed by atoms with Gasteiger partial charge in [0.1, 0.15) is 17.2 Å². The van der Waals surface area contributed by atoms with E-state index in [0.717, 1.165) is 58.3 Å². The quantitative estimate of drug-likeness (QED) is 0.299. The van der Waals surface area contributed by atoms with Gasteiger partial charge in [-0.2, -0.15) is 5.10 Å². The van der Waals surface area contributed by atoms with Crippen LogP contribution in [-0.2, 0) is 4.74 Å². The van der Waals surface area contributed by atoms with Gasteiger partial charge in [0.05, 0.1) is 18.3 Å². The molecule has 0 amide bonds. The number of fused-ring (bicyclic) bond motifs is 3. The fourth-order valence-corrected chi connectivity index (χ4v) is 4.85. The molecule has 3 heterocycles.